The van der Waals surface area contributed by atoms with Crippen LogP contribution >= 0.6 is 11.3 Å². The van der Waals surface area contributed by atoms with Crippen LogP contribution < -0.4 is 15.4 Å². The largest absolute Gasteiger partial charge is 0.497 e. The maximum atomic E-state index is 12.0. The van der Waals surface area contributed by atoms with E-state index in [1.165, 1.54) is 11.3 Å². The van der Waals surface area contributed by atoms with E-state index < -0.39 is 0 Å². The molecule has 6 nitrogen and oxygen atoms in total. The lowest BCUT2D eigenvalue weighted by molar-refractivity contribution is -0.116. The van der Waals surface area contributed by atoms with Gasteiger partial charge in [-0.2, -0.15) is 0 Å². The van der Waals surface area contributed by atoms with Crippen LogP contribution in [-0.4, -0.2) is 30.5 Å². The first-order valence-electron chi connectivity index (χ1n) is 8.23. The summed E-state index contributed by atoms with van der Waals surface area (Å²) >= 11 is 1.40. The summed E-state index contributed by atoms with van der Waals surface area (Å²) in [5.74, 6) is 0.504. The third kappa shape index (κ3) is 4.58. The van der Waals surface area contributed by atoms with Crippen molar-refractivity contribution < 1.29 is 14.3 Å². The molecule has 0 aliphatic heterocycles. The minimum Gasteiger partial charge on any atom is -0.497 e. The zero-order valence-electron chi connectivity index (χ0n) is 14.3. The first kappa shape index (κ1) is 17.9. The minimum atomic E-state index is -0.133. The molecule has 0 atom stereocenters. The molecule has 3 rings (SSSR count). The number of carbonyl (C=O) groups is 2. The van der Waals surface area contributed by atoms with Gasteiger partial charge in [-0.25, -0.2) is 4.98 Å². The van der Waals surface area contributed by atoms with Crippen LogP contribution in [0.2, 0.25) is 0 Å². The Bertz CT molecular complexity index is 909. The van der Waals surface area contributed by atoms with Crippen LogP contribution in [0.25, 0.3) is 10.2 Å². The van der Waals surface area contributed by atoms with Gasteiger partial charge in [0.05, 0.1) is 17.3 Å². The smallest absolute Gasteiger partial charge is 0.251 e. The summed E-state index contributed by atoms with van der Waals surface area (Å²) in [5.41, 5.74) is 1.43. The van der Waals surface area contributed by atoms with Crippen LogP contribution in [0.5, 0.6) is 5.75 Å². The van der Waals surface area contributed by atoms with Gasteiger partial charge in [0.25, 0.3) is 5.91 Å². The lowest BCUT2D eigenvalue weighted by Gasteiger charge is -2.05. The number of anilines is 1. The summed E-state index contributed by atoms with van der Waals surface area (Å²) in [6, 6.07) is 14.6. The van der Waals surface area contributed by atoms with E-state index in [1.54, 1.807) is 19.2 Å². The van der Waals surface area contributed by atoms with E-state index in [1.807, 2.05) is 36.4 Å². The molecule has 0 bridgehead atoms. The number of nitrogens with zero attached hydrogens (tertiary/aromatic N) is 1. The minimum absolute atomic E-state index is 0.120. The van der Waals surface area contributed by atoms with E-state index in [0.29, 0.717) is 30.1 Å². The quantitative estimate of drug-likeness (QED) is 0.625. The fourth-order valence-electron chi connectivity index (χ4n) is 2.41. The fourth-order valence-corrected chi connectivity index (χ4v) is 3.32. The fraction of sp³-hybridized carbons (Fsp3) is 0.211. The summed E-state index contributed by atoms with van der Waals surface area (Å²) in [6.45, 7) is 0.443. The Balaban J connectivity index is 1.45. The summed E-state index contributed by atoms with van der Waals surface area (Å²) in [7, 11) is 1.61. The Labute approximate surface area is 155 Å². The zero-order valence-corrected chi connectivity index (χ0v) is 15.1. The van der Waals surface area contributed by atoms with E-state index in [2.05, 4.69) is 15.6 Å². The molecule has 0 saturated carbocycles. The van der Waals surface area contributed by atoms with E-state index >= 15 is 0 Å². The van der Waals surface area contributed by atoms with Gasteiger partial charge in [-0.3, -0.25) is 9.59 Å². The number of hydrogen-bond donors (Lipinski definition) is 2. The number of amides is 2. The van der Waals surface area contributed by atoms with Gasteiger partial charge in [-0.1, -0.05) is 29.5 Å². The van der Waals surface area contributed by atoms with Crippen molar-refractivity contribution in [2.75, 3.05) is 19.0 Å². The Morgan fingerprint density at radius 3 is 2.73 bits per heavy atom. The molecule has 134 valence electrons. The van der Waals surface area contributed by atoms with E-state index in [-0.39, 0.29) is 11.8 Å². The van der Waals surface area contributed by atoms with Crippen molar-refractivity contribution in [2.24, 2.45) is 0 Å². The first-order valence-corrected chi connectivity index (χ1v) is 9.05. The highest BCUT2D eigenvalue weighted by Crippen LogP contribution is 2.29. The second kappa shape index (κ2) is 8.44. The maximum Gasteiger partial charge on any atom is 0.251 e. The van der Waals surface area contributed by atoms with Crippen molar-refractivity contribution in [3.05, 3.63) is 54.1 Å². The normalized spacial score (nSPS) is 10.5. The van der Waals surface area contributed by atoms with Gasteiger partial charge >= 0.3 is 0 Å². The van der Waals surface area contributed by atoms with E-state index in [9.17, 15) is 9.59 Å². The lowest BCUT2D eigenvalue weighted by Crippen LogP contribution is -2.25. The molecule has 0 unspecified atom stereocenters. The highest BCUT2D eigenvalue weighted by molar-refractivity contribution is 7.22. The molecule has 1 heterocycles. The summed E-state index contributed by atoms with van der Waals surface area (Å²) in [4.78, 5) is 28.3. The molecule has 2 aromatic carbocycles. The molecule has 0 fully saturated rings. The highest BCUT2D eigenvalue weighted by Gasteiger charge is 2.09. The third-order valence-electron chi connectivity index (χ3n) is 3.74. The molecule has 0 aliphatic carbocycles. The number of hydrogen-bond acceptors (Lipinski definition) is 5. The van der Waals surface area contributed by atoms with Gasteiger partial charge < -0.3 is 15.4 Å². The number of benzene rings is 2. The summed E-state index contributed by atoms with van der Waals surface area (Å²) in [6.07, 6.45) is 0.872. The van der Waals surface area contributed by atoms with Crippen LogP contribution in [0.15, 0.2) is 48.5 Å². The van der Waals surface area contributed by atoms with Crippen molar-refractivity contribution >= 4 is 38.5 Å². The van der Waals surface area contributed by atoms with Crippen molar-refractivity contribution in [1.29, 1.82) is 0 Å². The Morgan fingerprint density at radius 2 is 1.96 bits per heavy atom. The predicted molar refractivity (Wildman–Crippen MR) is 103 cm³/mol. The Kier molecular flexibility index (Phi) is 5.80. The van der Waals surface area contributed by atoms with Crippen LogP contribution in [0.1, 0.15) is 23.2 Å². The van der Waals surface area contributed by atoms with Gasteiger partial charge in [-0.15, -0.1) is 0 Å². The average molecular weight is 369 g/mol. The van der Waals surface area contributed by atoms with Crippen molar-refractivity contribution in [2.45, 2.75) is 12.8 Å². The molecule has 0 spiro atoms. The predicted octanol–water partition coefficient (Wildman–Crippen LogP) is 3.45. The Hall–Kier alpha value is -2.93. The first-order chi connectivity index (χ1) is 12.7. The van der Waals surface area contributed by atoms with Gasteiger partial charge in [0, 0.05) is 18.5 Å². The number of nitrogens with one attached hydrogen (secondary N) is 2. The number of ether oxygens (including phenoxy) is 1. The monoisotopic (exact) mass is 369 g/mol. The Morgan fingerprint density at radius 1 is 1.15 bits per heavy atom. The third-order valence-corrected chi connectivity index (χ3v) is 4.68. The average Bonchev–Trinajstić information content (AvgIpc) is 3.06. The second-order valence-corrected chi connectivity index (χ2v) is 6.66. The summed E-state index contributed by atoms with van der Waals surface area (Å²) in [5, 5.41) is 6.17. The van der Waals surface area contributed by atoms with Crippen LogP contribution in [0, 0.1) is 0 Å². The standard InChI is InChI=1S/C19H19N3O3S/c1-25-14-9-10-15-16(12-14)26-19(21-15)22-17(23)8-5-11-20-18(24)13-6-3-2-4-7-13/h2-4,6-7,9-10,12H,5,8,11H2,1H3,(H,20,24)(H,21,22,23). The van der Waals surface area contributed by atoms with Gasteiger partial charge in [0.1, 0.15) is 5.75 Å². The van der Waals surface area contributed by atoms with Gasteiger partial charge in [-0.05, 0) is 36.8 Å². The molecule has 0 aliphatic rings. The SMILES string of the molecule is COc1ccc2nc(NC(=O)CCCNC(=O)c3ccccc3)sc2c1. The molecular formula is C19H19N3O3S. The van der Waals surface area contributed by atoms with Crippen molar-refractivity contribution in [3.8, 4) is 5.75 Å². The van der Waals surface area contributed by atoms with Gasteiger partial charge in [0.15, 0.2) is 5.13 Å². The maximum absolute atomic E-state index is 12.0. The van der Waals surface area contributed by atoms with Crippen LogP contribution in [0.4, 0.5) is 5.13 Å². The molecule has 2 amide bonds. The topological polar surface area (TPSA) is 80.3 Å². The molecule has 2 N–H and O–H groups in total. The number of rotatable bonds is 7. The van der Waals surface area contributed by atoms with Crippen molar-refractivity contribution in [1.82, 2.24) is 10.3 Å². The molecule has 7 heteroatoms. The number of methoxy groups -OCH3 is 1. The number of fused-ring (bicyclic) bond motifs is 1. The number of carbonyl (C=O) groups excluding carboxylic acids is 2. The van der Waals surface area contributed by atoms with E-state index in [4.69, 9.17) is 4.74 Å². The number of thiazole rings is 1. The van der Waals surface area contributed by atoms with Gasteiger partial charge in [0.2, 0.25) is 5.91 Å². The highest BCUT2D eigenvalue weighted by atomic mass is 32.1. The molecule has 3 aromatic rings. The van der Waals surface area contributed by atoms with Crippen molar-refractivity contribution in [3.63, 3.8) is 0 Å². The van der Waals surface area contributed by atoms with Crippen LogP contribution in [-0.2, 0) is 4.79 Å². The molecule has 0 saturated heterocycles. The van der Waals surface area contributed by atoms with Crippen LogP contribution in [0.3, 0.4) is 0 Å². The van der Waals surface area contributed by atoms with E-state index in [0.717, 1.165) is 16.0 Å². The molecular weight excluding hydrogens is 350 g/mol. The zero-order chi connectivity index (χ0) is 18.4. The number of aromatic nitrogens is 1. The molecule has 0 radical (unpaired) electrons. The second-order valence-electron chi connectivity index (χ2n) is 5.63. The molecule has 26 heavy (non-hydrogen) atoms. The summed E-state index contributed by atoms with van der Waals surface area (Å²) < 4.78 is 6.14. The molecule has 1 aromatic heterocycles. The lowest BCUT2D eigenvalue weighted by atomic mass is 10.2.